The van der Waals surface area contributed by atoms with Crippen LogP contribution in [0, 0.1) is 0 Å². The van der Waals surface area contributed by atoms with Gasteiger partial charge in [0.2, 0.25) is 5.88 Å². The lowest BCUT2D eigenvalue weighted by Crippen LogP contribution is -2.20. The minimum atomic E-state index is -4.70. The van der Waals surface area contributed by atoms with Crippen molar-refractivity contribution in [3.8, 4) is 5.88 Å². The third kappa shape index (κ3) is 2.88. The van der Waals surface area contributed by atoms with Gasteiger partial charge in [0.1, 0.15) is 0 Å². The van der Waals surface area contributed by atoms with E-state index in [1.807, 2.05) is 0 Å². The second-order valence-corrected chi connectivity index (χ2v) is 6.07. The molecule has 11 heteroatoms. The molecule has 0 bridgehead atoms. The third-order valence-corrected chi connectivity index (χ3v) is 4.26. The monoisotopic (exact) mass is 392 g/mol. The first-order valence-corrected chi connectivity index (χ1v) is 8.41. The molecule has 0 saturated carbocycles. The van der Waals surface area contributed by atoms with Crippen LogP contribution < -0.4 is 10.3 Å². The van der Waals surface area contributed by atoms with E-state index in [9.17, 15) is 18.0 Å². The summed E-state index contributed by atoms with van der Waals surface area (Å²) in [7, 11) is 1.61. The molecule has 0 aliphatic carbocycles. The van der Waals surface area contributed by atoms with E-state index in [4.69, 9.17) is 4.74 Å². The number of ether oxygens (including phenoxy) is 1. The molecule has 0 N–H and O–H groups in total. The van der Waals surface area contributed by atoms with Gasteiger partial charge in [-0.1, -0.05) is 12.1 Å². The second kappa shape index (κ2) is 6.36. The fourth-order valence-corrected chi connectivity index (χ4v) is 3.01. The first-order chi connectivity index (χ1) is 13.3. The van der Waals surface area contributed by atoms with E-state index < -0.39 is 12.0 Å². The zero-order chi connectivity index (χ0) is 20.1. The van der Waals surface area contributed by atoms with Crippen molar-refractivity contribution in [2.75, 3.05) is 6.61 Å². The van der Waals surface area contributed by atoms with Crippen LogP contribution in [-0.4, -0.2) is 35.6 Å². The van der Waals surface area contributed by atoms with E-state index in [-0.39, 0.29) is 30.4 Å². The summed E-state index contributed by atoms with van der Waals surface area (Å²) >= 11 is 0. The number of hydrogen-bond acceptors (Lipinski definition) is 5. The van der Waals surface area contributed by atoms with Gasteiger partial charge in [-0.25, -0.2) is 4.98 Å². The molecule has 0 saturated heterocycles. The summed E-state index contributed by atoms with van der Waals surface area (Å²) in [5.74, 6) is -1.43. The number of aromatic nitrogens is 6. The molecule has 4 rings (SSSR count). The van der Waals surface area contributed by atoms with Crippen molar-refractivity contribution in [3.63, 3.8) is 0 Å². The smallest absolute Gasteiger partial charge is 0.453 e. The van der Waals surface area contributed by atoms with E-state index in [1.54, 1.807) is 42.9 Å². The Hall–Kier alpha value is -3.37. The van der Waals surface area contributed by atoms with Gasteiger partial charge in [0.25, 0.3) is 17.2 Å². The van der Waals surface area contributed by atoms with Crippen molar-refractivity contribution in [3.05, 3.63) is 52.2 Å². The molecule has 3 aromatic heterocycles. The molecule has 1 aromatic carbocycles. The molecule has 0 amide bonds. The van der Waals surface area contributed by atoms with Gasteiger partial charge in [-0.2, -0.15) is 22.7 Å². The van der Waals surface area contributed by atoms with Crippen LogP contribution in [0.4, 0.5) is 13.2 Å². The number of para-hydroxylation sites is 1. The number of nitrogens with zero attached hydrogens (tertiary/aromatic N) is 6. The van der Waals surface area contributed by atoms with Crippen LogP contribution in [0.3, 0.4) is 0 Å². The first kappa shape index (κ1) is 18.0. The Morgan fingerprint density at radius 1 is 1.18 bits per heavy atom. The van der Waals surface area contributed by atoms with Crippen LogP contribution in [-0.2, 0) is 19.8 Å². The Bertz CT molecular complexity index is 1240. The van der Waals surface area contributed by atoms with Gasteiger partial charge in [0.15, 0.2) is 0 Å². The maximum absolute atomic E-state index is 13.0. The normalized spacial score (nSPS) is 12.2. The summed E-state index contributed by atoms with van der Waals surface area (Å²) in [6.07, 6.45) is -4.70. The van der Waals surface area contributed by atoms with E-state index in [0.717, 1.165) is 4.52 Å². The summed E-state index contributed by atoms with van der Waals surface area (Å²) < 4.78 is 48.4. The second-order valence-electron chi connectivity index (χ2n) is 6.07. The number of rotatable bonds is 4. The quantitative estimate of drug-likeness (QED) is 0.532. The molecule has 28 heavy (non-hydrogen) atoms. The molecule has 0 atom stereocenters. The highest BCUT2D eigenvalue weighted by atomic mass is 19.4. The molecule has 0 radical (unpaired) electrons. The number of hydrogen-bond donors (Lipinski definition) is 0. The minimum Gasteiger partial charge on any atom is -0.478 e. The van der Waals surface area contributed by atoms with Crippen molar-refractivity contribution >= 4 is 16.7 Å². The Morgan fingerprint density at radius 2 is 1.93 bits per heavy atom. The predicted molar refractivity (Wildman–Crippen MR) is 93.2 cm³/mol. The van der Waals surface area contributed by atoms with Crippen LogP contribution in [0.15, 0.2) is 35.1 Å². The Kier molecular flexibility index (Phi) is 4.09. The van der Waals surface area contributed by atoms with Crippen LogP contribution in [0.2, 0.25) is 0 Å². The average molecular weight is 392 g/mol. The molecule has 3 heterocycles. The molecular formula is C17H15F3N6O2. The molecule has 0 aliphatic heterocycles. The van der Waals surface area contributed by atoms with Crippen molar-refractivity contribution in [1.82, 2.24) is 28.9 Å². The lowest BCUT2D eigenvalue weighted by molar-refractivity contribution is -0.144. The van der Waals surface area contributed by atoms with Crippen molar-refractivity contribution in [2.45, 2.75) is 19.6 Å². The summed E-state index contributed by atoms with van der Waals surface area (Å²) in [4.78, 5) is 20.0. The molecule has 0 fully saturated rings. The molecule has 146 valence electrons. The maximum atomic E-state index is 13.0. The van der Waals surface area contributed by atoms with Gasteiger partial charge < -0.3 is 4.74 Å². The zero-order valence-corrected chi connectivity index (χ0v) is 14.9. The third-order valence-electron chi connectivity index (χ3n) is 4.26. The summed E-state index contributed by atoms with van der Waals surface area (Å²) in [6.45, 7) is 2.07. The van der Waals surface area contributed by atoms with Crippen molar-refractivity contribution in [1.29, 1.82) is 0 Å². The molecule has 0 spiro atoms. The van der Waals surface area contributed by atoms with Crippen molar-refractivity contribution < 1.29 is 17.9 Å². The van der Waals surface area contributed by atoms with Gasteiger partial charge in [0, 0.05) is 13.1 Å². The van der Waals surface area contributed by atoms with Gasteiger partial charge in [-0.3, -0.25) is 14.2 Å². The number of fused-ring (bicyclic) bond motifs is 2. The fourth-order valence-electron chi connectivity index (χ4n) is 3.01. The molecule has 0 unspecified atom stereocenters. The average Bonchev–Trinajstić information content (AvgIpc) is 3.18. The molecular weight excluding hydrogens is 377 g/mol. The van der Waals surface area contributed by atoms with Crippen LogP contribution >= 0.6 is 0 Å². The van der Waals surface area contributed by atoms with E-state index in [0.29, 0.717) is 16.6 Å². The number of alkyl halides is 3. The molecule has 4 aromatic rings. The largest absolute Gasteiger partial charge is 0.478 e. The number of benzene rings is 1. The Morgan fingerprint density at radius 3 is 2.64 bits per heavy atom. The summed E-state index contributed by atoms with van der Waals surface area (Å²) in [5, 5.41) is 3.99. The summed E-state index contributed by atoms with van der Waals surface area (Å²) in [6, 6.07) is 8.56. The van der Waals surface area contributed by atoms with E-state index >= 15 is 0 Å². The van der Waals surface area contributed by atoms with Gasteiger partial charge >= 0.3 is 6.18 Å². The topological polar surface area (TPSA) is 79.2 Å². The van der Waals surface area contributed by atoms with Crippen LogP contribution in [0.25, 0.3) is 16.7 Å². The summed E-state index contributed by atoms with van der Waals surface area (Å²) in [5.41, 5.74) is 0.893. The lowest BCUT2D eigenvalue weighted by atomic mass is 10.2. The van der Waals surface area contributed by atoms with E-state index in [2.05, 4.69) is 15.1 Å². The Labute approximate surface area is 155 Å². The van der Waals surface area contributed by atoms with Crippen LogP contribution in [0.5, 0.6) is 5.88 Å². The highest BCUT2D eigenvalue weighted by Crippen LogP contribution is 2.27. The molecule has 8 nitrogen and oxygen atoms in total. The van der Waals surface area contributed by atoms with Gasteiger partial charge in [-0.05, 0) is 19.1 Å². The SMILES string of the molecule is CCOc1cc(Cn2c3ccccc3c(=O)n2C)nc2nc(C(F)(F)F)nn12. The lowest BCUT2D eigenvalue weighted by Gasteiger charge is -2.11. The highest BCUT2D eigenvalue weighted by Gasteiger charge is 2.37. The standard InChI is InChI=1S/C17H15F3N6O2/c1-3-28-13-8-10(21-16-22-15(17(18,19)20)23-26(13)16)9-25-12-7-5-4-6-11(12)14(27)24(25)2/h4-8H,3,9H2,1-2H3. The van der Waals surface area contributed by atoms with Crippen LogP contribution in [0.1, 0.15) is 18.4 Å². The number of halogens is 3. The van der Waals surface area contributed by atoms with Gasteiger partial charge in [-0.15, -0.1) is 5.10 Å². The zero-order valence-electron chi connectivity index (χ0n) is 14.9. The molecule has 0 aliphatic rings. The first-order valence-electron chi connectivity index (χ1n) is 8.41. The van der Waals surface area contributed by atoms with E-state index in [1.165, 1.54) is 10.7 Å². The van der Waals surface area contributed by atoms with Gasteiger partial charge in [0.05, 0.1) is 29.7 Å². The maximum Gasteiger partial charge on any atom is 0.453 e. The Balaban J connectivity index is 1.86. The predicted octanol–water partition coefficient (Wildman–Crippen LogP) is 2.24. The highest BCUT2D eigenvalue weighted by molar-refractivity contribution is 5.78. The fraction of sp³-hybridized carbons (Fsp3) is 0.294. The van der Waals surface area contributed by atoms with Crippen molar-refractivity contribution in [2.24, 2.45) is 7.05 Å². The minimum absolute atomic E-state index is 0.0898.